The molecule has 17 heavy (non-hydrogen) atoms. The van der Waals surface area contributed by atoms with Gasteiger partial charge < -0.3 is 15.4 Å². The average Bonchev–Trinajstić information content (AvgIpc) is 2.29. The van der Waals surface area contributed by atoms with E-state index in [-0.39, 0.29) is 0 Å². The minimum atomic E-state index is 0.536. The highest BCUT2D eigenvalue weighted by Gasteiger charge is 2.31. The van der Waals surface area contributed by atoms with E-state index in [4.69, 9.17) is 4.74 Å². The number of methoxy groups -OCH3 is 1. The van der Waals surface area contributed by atoms with E-state index in [0.717, 1.165) is 32.2 Å². The molecule has 1 atom stereocenters. The van der Waals surface area contributed by atoms with E-state index in [1.54, 1.807) is 7.11 Å². The van der Waals surface area contributed by atoms with Crippen LogP contribution in [0.4, 0.5) is 0 Å². The highest BCUT2D eigenvalue weighted by atomic mass is 16.5. The Morgan fingerprint density at radius 1 is 1.12 bits per heavy atom. The summed E-state index contributed by atoms with van der Waals surface area (Å²) in [6.07, 6.45) is 5.63. The quantitative estimate of drug-likeness (QED) is 0.639. The van der Waals surface area contributed by atoms with Crippen molar-refractivity contribution >= 4 is 0 Å². The lowest BCUT2D eigenvalue weighted by Gasteiger charge is -2.38. The maximum absolute atomic E-state index is 4.99. The summed E-state index contributed by atoms with van der Waals surface area (Å²) in [4.78, 5) is 0. The first-order valence-corrected chi connectivity index (χ1v) is 7.07. The van der Waals surface area contributed by atoms with Crippen LogP contribution in [0.2, 0.25) is 0 Å². The molecule has 1 saturated carbocycles. The first kappa shape index (κ1) is 14.9. The van der Waals surface area contributed by atoms with Crippen LogP contribution in [0.1, 0.15) is 39.5 Å². The summed E-state index contributed by atoms with van der Waals surface area (Å²) in [6.45, 7) is 9.89. The van der Waals surface area contributed by atoms with Gasteiger partial charge in [0.1, 0.15) is 0 Å². The van der Waals surface area contributed by atoms with Gasteiger partial charge in [0.25, 0.3) is 0 Å². The summed E-state index contributed by atoms with van der Waals surface area (Å²) in [5, 5.41) is 6.94. The molecule has 1 fully saturated rings. The lowest BCUT2D eigenvalue weighted by Crippen LogP contribution is -2.38. The van der Waals surface area contributed by atoms with Gasteiger partial charge >= 0.3 is 0 Å². The largest absolute Gasteiger partial charge is 0.383 e. The molecule has 0 aliphatic heterocycles. The molecule has 0 saturated heterocycles. The van der Waals surface area contributed by atoms with Crippen molar-refractivity contribution in [2.75, 3.05) is 39.9 Å². The molecule has 0 aromatic heterocycles. The van der Waals surface area contributed by atoms with Crippen LogP contribution in [-0.2, 0) is 4.74 Å². The molecule has 1 unspecified atom stereocenters. The molecule has 3 nitrogen and oxygen atoms in total. The Labute approximate surface area is 107 Å². The predicted molar refractivity (Wildman–Crippen MR) is 73.4 cm³/mol. The van der Waals surface area contributed by atoms with Crippen LogP contribution in [0.5, 0.6) is 0 Å². The molecule has 1 aliphatic carbocycles. The Morgan fingerprint density at radius 2 is 1.88 bits per heavy atom. The molecule has 0 amide bonds. The SMILES string of the molecule is COCCNCCNCC1CCCCC1(C)C. The average molecular weight is 242 g/mol. The van der Waals surface area contributed by atoms with Crippen LogP contribution >= 0.6 is 0 Å². The van der Waals surface area contributed by atoms with Crippen molar-refractivity contribution in [2.24, 2.45) is 11.3 Å². The van der Waals surface area contributed by atoms with Crippen molar-refractivity contribution in [3.8, 4) is 0 Å². The molecule has 0 bridgehead atoms. The second-order valence-electron chi connectivity index (χ2n) is 5.88. The minimum absolute atomic E-state index is 0.536. The molecule has 3 heteroatoms. The van der Waals surface area contributed by atoms with Crippen LogP contribution in [0, 0.1) is 11.3 Å². The van der Waals surface area contributed by atoms with Crippen LogP contribution in [0.3, 0.4) is 0 Å². The maximum atomic E-state index is 4.99. The van der Waals surface area contributed by atoms with Gasteiger partial charge in [-0.25, -0.2) is 0 Å². The molecule has 102 valence electrons. The molecule has 1 rings (SSSR count). The van der Waals surface area contributed by atoms with Gasteiger partial charge in [-0.3, -0.25) is 0 Å². The molecule has 2 N–H and O–H groups in total. The first-order valence-electron chi connectivity index (χ1n) is 7.07. The minimum Gasteiger partial charge on any atom is -0.383 e. The summed E-state index contributed by atoms with van der Waals surface area (Å²) in [7, 11) is 1.74. The Morgan fingerprint density at radius 3 is 2.59 bits per heavy atom. The van der Waals surface area contributed by atoms with Gasteiger partial charge in [0, 0.05) is 26.7 Å². The van der Waals surface area contributed by atoms with Crippen LogP contribution in [0.15, 0.2) is 0 Å². The third kappa shape index (κ3) is 5.84. The van der Waals surface area contributed by atoms with Crippen LogP contribution < -0.4 is 10.6 Å². The normalized spacial score (nSPS) is 23.8. The summed E-state index contributed by atoms with van der Waals surface area (Å²) in [5.41, 5.74) is 0.536. The summed E-state index contributed by atoms with van der Waals surface area (Å²) >= 11 is 0. The molecular formula is C14H30N2O. The van der Waals surface area contributed by atoms with E-state index in [0.29, 0.717) is 5.41 Å². The lowest BCUT2D eigenvalue weighted by molar-refractivity contribution is 0.136. The Kier molecular flexibility index (Phi) is 7.09. The summed E-state index contributed by atoms with van der Waals surface area (Å²) < 4.78 is 4.99. The standard InChI is InChI=1S/C14H30N2O/c1-14(2)7-5-4-6-13(14)12-16-9-8-15-10-11-17-3/h13,15-16H,4-12H2,1-3H3. The highest BCUT2D eigenvalue weighted by molar-refractivity contribution is 4.83. The molecule has 0 aromatic carbocycles. The third-order valence-corrected chi connectivity index (χ3v) is 4.08. The van der Waals surface area contributed by atoms with Crippen molar-refractivity contribution in [3.63, 3.8) is 0 Å². The predicted octanol–water partition coefficient (Wildman–Crippen LogP) is 2.03. The van der Waals surface area contributed by atoms with Gasteiger partial charge in [0.2, 0.25) is 0 Å². The monoisotopic (exact) mass is 242 g/mol. The fourth-order valence-electron chi connectivity index (χ4n) is 2.70. The fraction of sp³-hybridized carbons (Fsp3) is 1.00. The molecular weight excluding hydrogens is 212 g/mol. The topological polar surface area (TPSA) is 33.3 Å². The molecule has 0 heterocycles. The molecule has 0 aromatic rings. The van der Waals surface area contributed by atoms with E-state index < -0.39 is 0 Å². The van der Waals surface area contributed by atoms with Gasteiger partial charge in [-0.05, 0) is 30.7 Å². The van der Waals surface area contributed by atoms with Crippen molar-refractivity contribution in [1.29, 1.82) is 0 Å². The van der Waals surface area contributed by atoms with E-state index >= 15 is 0 Å². The van der Waals surface area contributed by atoms with Crippen molar-refractivity contribution < 1.29 is 4.74 Å². The number of ether oxygens (including phenoxy) is 1. The number of nitrogens with one attached hydrogen (secondary N) is 2. The Hall–Kier alpha value is -0.120. The van der Waals surface area contributed by atoms with Gasteiger partial charge in [-0.1, -0.05) is 26.7 Å². The van der Waals surface area contributed by atoms with Crippen LogP contribution in [0.25, 0.3) is 0 Å². The Bertz CT molecular complexity index is 195. The zero-order chi connectivity index (χ0) is 12.6. The lowest BCUT2D eigenvalue weighted by atomic mass is 9.69. The van der Waals surface area contributed by atoms with E-state index in [9.17, 15) is 0 Å². The van der Waals surface area contributed by atoms with Gasteiger partial charge in [0.15, 0.2) is 0 Å². The number of rotatable bonds is 8. The second kappa shape index (κ2) is 8.06. The van der Waals surface area contributed by atoms with E-state index in [1.807, 2.05) is 0 Å². The van der Waals surface area contributed by atoms with Crippen LogP contribution in [-0.4, -0.2) is 39.9 Å². The van der Waals surface area contributed by atoms with Crippen molar-refractivity contribution in [2.45, 2.75) is 39.5 Å². The van der Waals surface area contributed by atoms with Gasteiger partial charge in [0.05, 0.1) is 6.61 Å². The van der Waals surface area contributed by atoms with E-state index in [1.165, 1.54) is 32.2 Å². The number of hydrogen-bond donors (Lipinski definition) is 2. The first-order chi connectivity index (χ1) is 8.17. The summed E-state index contributed by atoms with van der Waals surface area (Å²) in [6, 6.07) is 0. The molecule has 1 aliphatic rings. The Balaban J connectivity index is 2.01. The maximum Gasteiger partial charge on any atom is 0.0587 e. The highest BCUT2D eigenvalue weighted by Crippen LogP contribution is 2.39. The molecule has 0 radical (unpaired) electrons. The van der Waals surface area contributed by atoms with Gasteiger partial charge in [-0.2, -0.15) is 0 Å². The summed E-state index contributed by atoms with van der Waals surface area (Å²) in [5.74, 6) is 0.857. The van der Waals surface area contributed by atoms with Crippen molar-refractivity contribution in [3.05, 3.63) is 0 Å². The molecule has 0 spiro atoms. The second-order valence-corrected chi connectivity index (χ2v) is 5.88. The smallest absolute Gasteiger partial charge is 0.0587 e. The fourth-order valence-corrected chi connectivity index (χ4v) is 2.70. The van der Waals surface area contributed by atoms with E-state index in [2.05, 4.69) is 24.5 Å². The zero-order valence-corrected chi connectivity index (χ0v) is 11.8. The zero-order valence-electron chi connectivity index (χ0n) is 11.8. The third-order valence-electron chi connectivity index (χ3n) is 4.08. The number of hydrogen-bond acceptors (Lipinski definition) is 3. The van der Waals surface area contributed by atoms with Crippen molar-refractivity contribution in [1.82, 2.24) is 10.6 Å². The van der Waals surface area contributed by atoms with Gasteiger partial charge in [-0.15, -0.1) is 0 Å².